The Morgan fingerprint density at radius 1 is 1.13 bits per heavy atom. The maximum atomic E-state index is 5.59. The van der Waals surface area contributed by atoms with Crippen molar-refractivity contribution in [3.8, 4) is 5.75 Å². The third-order valence-electron chi connectivity index (χ3n) is 5.70. The standard InChI is InChI=1S/C23H33N7O/c1-2-24-22(25-10-6-19-4-5-21-20(18-19)7-17-31-21)26-11-12-29-13-15-30(16-14-29)23-27-8-3-9-28-23/h3-5,8-9,18H,2,6-7,10-17H2,1H3,(H2,24,25,26). The second kappa shape index (κ2) is 10.9. The first-order valence-corrected chi connectivity index (χ1v) is 11.3. The minimum atomic E-state index is 0.785. The minimum absolute atomic E-state index is 0.785. The van der Waals surface area contributed by atoms with Gasteiger partial charge in [0.2, 0.25) is 5.95 Å². The molecule has 0 atom stereocenters. The molecule has 1 aromatic carbocycles. The predicted octanol–water partition coefficient (Wildman–Crippen LogP) is 1.33. The summed E-state index contributed by atoms with van der Waals surface area (Å²) in [6, 6.07) is 8.39. The molecule has 8 nitrogen and oxygen atoms in total. The number of benzene rings is 1. The molecule has 0 bridgehead atoms. The lowest BCUT2D eigenvalue weighted by Crippen LogP contribution is -2.47. The van der Waals surface area contributed by atoms with Crippen molar-refractivity contribution in [3.63, 3.8) is 0 Å². The summed E-state index contributed by atoms with van der Waals surface area (Å²) in [7, 11) is 0. The number of nitrogens with one attached hydrogen (secondary N) is 2. The number of nitrogens with zero attached hydrogens (tertiary/aromatic N) is 5. The molecule has 166 valence electrons. The zero-order valence-corrected chi connectivity index (χ0v) is 18.4. The van der Waals surface area contributed by atoms with E-state index in [0.29, 0.717) is 0 Å². The average molecular weight is 424 g/mol. The molecule has 1 fully saturated rings. The van der Waals surface area contributed by atoms with Crippen LogP contribution in [0.25, 0.3) is 0 Å². The Hall–Kier alpha value is -2.87. The number of rotatable bonds is 8. The van der Waals surface area contributed by atoms with Gasteiger partial charge >= 0.3 is 0 Å². The Balaban J connectivity index is 1.18. The van der Waals surface area contributed by atoms with Crippen molar-refractivity contribution in [1.82, 2.24) is 25.5 Å². The van der Waals surface area contributed by atoms with Gasteiger partial charge in [0.1, 0.15) is 5.75 Å². The van der Waals surface area contributed by atoms with Gasteiger partial charge in [0.15, 0.2) is 5.96 Å². The topological polar surface area (TPSA) is 77.9 Å². The van der Waals surface area contributed by atoms with Crippen molar-refractivity contribution in [2.75, 3.05) is 63.9 Å². The smallest absolute Gasteiger partial charge is 0.225 e. The molecule has 2 N–H and O–H groups in total. The summed E-state index contributed by atoms with van der Waals surface area (Å²) in [6.45, 7) is 10.3. The van der Waals surface area contributed by atoms with E-state index in [0.717, 1.165) is 89.5 Å². The Labute approximate surface area is 184 Å². The van der Waals surface area contributed by atoms with Crippen molar-refractivity contribution in [2.45, 2.75) is 19.8 Å². The van der Waals surface area contributed by atoms with E-state index in [1.54, 1.807) is 12.4 Å². The number of hydrogen-bond acceptors (Lipinski definition) is 6. The molecule has 0 saturated carbocycles. The molecule has 3 heterocycles. The normalized spacial score (nSPS) is 16.7. The average Bonchev–Trinajstić information content (AvgIpc) is 3.28. The molecule has 0 radical (unpaired) electrons. The largest absolute Gasteiger partial charge is 0.493 e. The van der Waals surface area contributed by atoms with Crippen LogP contribution in [0.2, 0.25) is 0 Å². The van der Waals surface area contributed by atoms with Crippen molar-refractivity contribution in [3.05, 3.63) is 47.8 Å². The molecule has 1 saturated heterocycles. The highest BCUT2D eigenvalue weighted by atomic mass is 16.5. The number of aromatic nitrogens is 2. The summed E-state index contributed by atoms with van der Waals surface area (Å²) in [5, 5.41) is 6.82. The van der Waals surface area contributed by atoms with Gasteiger partial charge in [-0.05, 0) is 36.6 Å². The number of guanidine groups is 1. The van der Waals surface area contributed by atoms with Gasteiger partial charge in [-0.2, -0.15) is 0 Å². The summed E-state index contributed by atoms with van der Waals surface area (Å²) < 4.78 is 5.59. The lowest BCUT2D eigenvalue weighted by molar-refractivity contribution is 0.263. The molecule has 2 aliphatic heterocycles. The molecule has 2 aromatic rings. The van der Waals surface area contributed by atoms with Gasteiger partial charge in [0, 0.05) is 64.6 Å². The SMILES string of the molecule is CCNC(=NCCN1CCN(c2ncccn2)CC1)NCCc1ccc2c(c1)CCO2. The lowest BCUT2D eigenvalue weighted by atomic mass is 10.1. The molecule has 1 aromatic heterocycles. The van der Waals surface area contributed by atoms with E-state index in [2.05, 4.69) is 55.5 Å². The molecular formula is C23H33N7O. The van der Waals surface area contributed by atoms with Crippen LogP contribution < -0.4 is 20.3 Å². The molecule has 8 heteroatoms. The van der Waals surface area contributed by atoms with Crippen LogP contribution in [0.15, 0.2) is 41.7 Å². The van der Waals surface area contributed by atoms with Crippen LogP contribution in [-0.2, 0) is 12.8 Å². The molecule has 0 unspecified atom stereocenters. The molecule has 31 heavy (non-hydrogen) atoms. The lowest BCUT2D eigenvalue weighted by Gasteiger charge is -2.34. The second-order valence-electron chi connectivity index (χ2n) is 7.86. The summed E-state index contributed by atoms with van der Waals surface area (Å²) in [4.78, 5) is 18.2. The Morgan fingerprint density at radius 2 is 1.97 bits per heavy atom. The molecular weight excluding hydrogens is 390 g/mol. The van der Waals surface area contributed by atoms with E-state index in [9.17, 15) is 0 Å². The van der Waals surface area contributed by atoms with Gasteiger partial charge in [-0.15, -0.1) is 0 Å². The molecule has 0 aliphatic carbocycles. The van der Waals surface area contributed by atoms with Crippen LogP contribution in [-0.4, -0.2) is 79.8 Å². The predicted molar refractivity (Wildman–Crippen MR) is 124 cm³/mol. The van der Waals surface area contributed by atoms with Crippen LogP contribution in [0.5, 0.6) is 5.75 Å². The first kappa shape index (κ1) is 21.4. The van der Waals surface area contributed by atoms with Gasteiger partial charge in [-0.3, -0.25) is 9.89 Å². The molecule has 0 spiro atoms. The maximum absolute atomic E-state index is 5.59. The fraction of sp³-hybridized carbons (Fsp3) is 0.522. The highest BCUT2D eigenvalue weighted by Gasteiger charge is 2.18. The summed E-state index contributed by atoms with van der Waals surface area (Å²) in [6.07, 6.45) is 5.60. The first-order chi connectivity index (χ1) is 15.3. The third-order valence-corrected chi connectivity index (χ3v) is 5.70. The second-order valence-corrected chi connectivity index (χ2v) is 7.86. The number of anilines is 1. The Morgan fingerprint density at radius 3 is 2.77 bits per heavy atom. The molecule has 2 aliphatic rings. The number of fused-ring (bicyclic) bond motifs is 1. The number of aliphatic imine (C=N–C) groups is 1. The Bertz CT molecular complexity index is 850. The van der Waals surface area contributed by atoms with Gasteiger partial charge in [0.25, 0.3) is 0 Å². The van der Waals surface area contributed by atoms with E-state index in [-0.39, 0.29) is 0 Å². The summed E-state index contributed by atoms with van der Waals surface area (Å²) >= 11 is 0. The van der Waals surface area contributed by atoms with Crippen LogP contribution in [0.3, 0.4) is 0 Å². The fourth-order valence-electron chi connectivity index (χ4n) is 3.99. The minimum Gasteiger partial charge on any atom is -0.493 e. The monoisotopic (exact) mass is 423 g/mol. The van der Waals surface area contributed by atoms with Gasteiger partial charge in [-0.1, -0.05) is 12.1 Å². The van der Waals surface area contributed by atoms with Crippen LogP contribution in [0, 0.1) is 0 Å². The van der Waals surface area contributed by atoms with Crippen molar-refractivity contribution < 1.29 is 4.74 Å². The van der Waals surface area contributed by atoms with E-state index in [4.69, 9.17) is 9.73 Å². The Kier molecular flexibility index (Phi) is 7.55. The first-order valence-electron chi connectivity index (χ1n) is 11.3. The van der Waals surface area contributed by atoms with Gasteiger partial charge in [0.05, 0.1) is 13.2 Å². The van der Waals surface area contributed by atoms with Gasteiger partial charge < -0.3 is 20.3 Å². The molecule has 0 amide bonds. The number of piperazine rings is 1. The van der Waals surface area contributed by atoms with Crippen molar-refractivity contribution in [1.29, 1.82) is 0 Å². The summed E-state index contributed by atoms with van der Waals surface area (Å²) in [5.74, 6) is 2.77. The van der Waals surface area contributed by atoms with Crippen LogP contribution >= 0.6 is 0 Å². The number of ether oxygens (including phenoxy) is 1. The van der Waals surface area contributed by atoms with Gasteiger partial charge in [-0.25, -0.2) is 9.97 Å². The van der Waals surface area contributed by atoms with E-state index in [1.165, 1.54) is 11.1 Å². The highest BCUT2D eigenvalue weighted by molar-refractivity contribution is 5.79. The fourth-order valence-corrected chi connectivity index (χ4v) is 3.99. The van der Waals surface area contributed by atoms with Crippen molar-refractivity contribution in [2.24, 2.45) is 4.99 Å². The maximum Gasteiger partial charge on any atom is 0.225 e. The third kappa shape index (κ3) is 6.07. The quantitative estimate of drug-likeness (QED) is 0.490. The summed E-state index contributed by atoms with van der Waals surface area (Å²) in [5.41, 5.74) is 2.67. The van der Waals surface area contributed by atoms with E-state index in [1.807, 2.05) is 6.07 Å². The van der Waals surface area contributed by atoms with Crippen LogP contribution in [0.4, 0.5) is 5.95 Å². The van der Waals surface area contributed by atoms with E-state index >= 15 is 0 Å². The van der Waals surface area contributed by atoms with Crippen LogP contribution in [0.1, 0.15) is 18.1 Å². The zero-order valence-electron chi connectivity index (χ0n) is 18.4. The number of hydrogen-bond donors (Lipinski definition) is 2. The highest BCUT2D eigenvalue weighted by Crippen LogP contribution is 2.25. The van der Waals surface area contributed by atoms with Crippen molar-refractivity contribution >= 4 is 11.9 Å². The zero-order chi connectivity index (χ0) is 21.3. The van der Waals surface area contributed by atoms with E-state index < -0.39 is 0 Å². The molecule has 4 rings (SSSR count).